The van der Waals surface area contributed by atoms with Gasteiger partial charge in [-0.3, -0.25) is 0 Å². The van der Waals surface area contributed by atoms with Crippen molar-refractivity contribution in [1.82, 2.24) is 9.13 Å². The maximum absolute atomic E-state index is 7.12. The van der Waals surface area contributed by atoms with E-state index in [0.29, 0.717) is 0 Å². The molecule has 0 spiro atoms. The van der Waals surface area contributed by atoms with Crippen LogP contribution >= 0.6 is 0 Å². The van der Waals surface area contributed by atoms with Crippen LogP contribution in [0.3, 0.4) is 0 Å². The van der Waals surface area contributed by atoms with Crippen LogP contribution in [0.1, 0.15) is 130 Å². The summed E-state index contributed by atoms with van der Waals surface area (Å²) in [5, 5.41) is 19.6. The van der Waals surface area contributed by atoms with E-state index in [2.05, 4.69) is 227 Å². The number of hydrogen-bond acceptors (Lipinski definition) is 2. The van der Waals surface area contributed by atoms with E-state index in [1.54, 1.807) is 0 Å². The number of nitrogens with zero attached hydrogens (tertiary/aromatic N) is 2. The maximum atomic E-state index is 7.12. The van der Waals surface area contributed by atoms with E-state index < -0.39 is 6.79 Å². The first kappa shape index (κ1) is 46.9. The van der Waals surface area contributed by atoms with Crippen LogP contribution in [0, 0.1) is 13.8 Å². The summed E-state index contributed by atoms with van der Waals surface area (Å²) in [4.78, 5) is 0. The predicted octanol–water partition coefficient (Wildman–Crippen LogP) is 15.3. The molecule has 0 saturated carbocycles. The molecule has 0 amide bonds. The molecule has 2 aromatic heterocycles. The van der Waals surface area contributed by atoms with E-state index in [1.165, 1.54) is 88.4 Å². The summed E-state index contributed by atoms with van der Waals surface area (Å²) in [5.41, 5.74) is 16.2. The highest BCUT2D eigenvalue weighted by molar-refractivity contribution is 6.11. The Kier molecular flexibility index (Phi) is 13.9. The first-order valence-corrected chi connectivity index (χ1v) is 22.1. The predicted molar refractivity (Wildman–Crippen MR) is 266 cm³/mol. The summed E-state index contributed by atoms with van der Waals surface area (Å²) in [7, 11) is 0. The number of aliphatic hydroxyl groups is 2. The fourth-order valence-electron chi connectivity index (χ4n) is 8.00. The molecular formula is C57H72N2O2. The highest BCUT2D eigenvalue weighted by Gasteiger charge is 2.22. The number of aromatic nitrogens is 2. The zero-order valence-corrected chi connectivity index (χ0v) is 40.0. The van der Waals surface area contributed by atoms with E-state index in [0.717, 1.165) is 0 Å². The third-order valence-corrected chi connectivity index (χ3v) is 11.5. The number of fused-ring (bicyclic) bond motifs is 6. The molecule has 8 rings (SSSR count). The lowest BCUT2D eigenvalue weighted by Crippen LogP contribution is -2.10. The average Bonchev–Trinajstić information content (AvgIpc) is 3.69. The number of aryl methyl sites for hydroxylation is 2. The highest BCUT2D eigenvalue weighted by atomic mass is 16.5. The quantitative estimate of drug-likeness (QED) is 0.171. The maximum Gasteiger partial charge on any atom is 0.140 e. The summed E-state index contributed by atoms with van der Waals surface area (Å²) in [5.74, 6) is 0. The van der Waals surface area contributed by atoms with Crippen LogP contribution in [0.5, 0.6) is 0 Å². The normalized spacial score (nSPS) is 12.2. The molecule has 0 aliphatic carbocycles. The van der Waals surface area contributed by atoms with Gasteiger partial charge in [0.1, 0.15) is 6.79 Å². The first-order chi connectivity index (χ1) is 28.5. The van der Waals surface area contributed by atoms with Crippen molar-refractivity contribution in [3.05, 3.63) is 155 Å². The van der Waals surface area contributed by atoms with Crippen molar-refractivity contribution < 1.29 is 10.2 Å². The van der Waals surface area contributed by atoms with Gasteiger partial charge in [-0.1, -0.05) is 145 Å². The largest absolute Gasteiger partial charge is 0.371 e. The molecule has 8 aromatic rings. The van der Waals surface area contributed by atoms with E-state index in [4.69, 9.17) is 10.2 Å². The van der Waals surface area contributed by atoms with Crippen LogP contribution in [-0.4, -0.2) is 26.1 Å². The second kappa shape index (κ2) is 18.1. The Balaban J connectivity index is 0.000000209. The summed E-state index contributed by atoms with van der Waals surface area (Å²) < 4.78 is 4.83. The van der Waals surface area contributed by atoms with Crippen LogP contribution in [0.25, 0.3) is 55.0 Å². The van der Waals surface area contributed by atoms with Crippen molar-refractivity contribution in [2.45, 2.75) is 132 Å². The third kappa shape index (κ3) is 10.1. The number of aliphatic hydroxyl groups excluding tert-OH is 1. The second-order valence-electron chi connectivity index (χ2n) is 20.4. The van der Waals surface area contributed by atoms with Crippen molar-refractivity contribution in [1.29, 1.82) is 0 Å². The summed E-state index contributed by atoms with van der Waals surface area (Å²) >= 11 is 0. The monoisotopic (exact) mass is 817 g/mol. The molecule has 0 bridgehead atoms. The fraction of sp³-hybridized carbons (Fsp3) is 0.368. The van der Waals surface area contributed by atoms with Crippen molar-refractivity contribution in [3.8, 4) is 11.4 Å². The van der Waals surface area contributed by atoms with Gasteiger partial charge in [0.25, 0.3) is 0 Å². The molecule has 4 nitrogen and oxygen atoms in total. The fourth-order valence-corrected chi connectivity index (χ4v) is 8.00. The minimum absolute atomic E-state index is 0.133. The lowest BCUT2D eigenvalue weighted by atomic mass is 9.85. The van der Waals surface area contributed by atoms with Gasteiger partial charge in [0.15, 0.2) is 0 Å². The molecule has 0 fully saturated rings. The molecule has 6 aromatic carbocycles. The van der Waals surface area contributed by atoms with Gasteiger partial charge in [-0.05, 0) is 142 Å². The summed E-state index contributed by atoms with van der Waals surface area (Å²) in [6.45, 7) is 35.0. The second-order valence-corrected chi connectivity index (χ2v) is 20.4. The van der Waals surface area contributed by atoms with Gasteiger partial charge in [0.2, 0.25) is 0 Å². The van der Waals surface area contributed by atoms with Gasteiger partial charge < -0.3 is 19.3 Å². The molecule has 0 radical (unpaired) electrons. The molecule has 0 unspecified atom stereocenters. The van der Waals surface area contributed by atoms with Crippen molar-refractivity contribution in [3.63, 3.8) is 0 Å². The molecule has 2 heterocycles. The Labute approximate surface area is 366 Å². The van der Waals surface area contributed by atoms with Crippen molar-refractivity contribution >= 4 is 43.6 Å². The van der Waals surface area contributed by atoms with Crippen molar-refractivity contribution in [2.75, 3.05) is 6.79 Å². The Morgan fingerprint density at radius 2 is 0.590 bits per heavy atom. The van der Waals surface area contributed by atoms with Crippen LogP contribution in [0.15, 0.2) is 121 Å². The topological polar surface area (TPSA) is 50.3 Å². The highest BCUT2D eigenvalue weighted by Crippen LogP contribution is 2.39. The lowest BCUT2D eigenvalue weighted by Gasteiger charge is -2.19. The zero-order valence-electron chi connectivity index (χ0n) is 40.0. The van der Waals surface area contributed by atoms with E-state index >= 15 is 0 Å². The summed E-state index contributed by atoms with van der Waals surface area (Å²) in [6.07, 6.45) is 0. The molecule has 2 N–H and O–H groups in total. The molecule has 4 heteroatoms. The molecule has 322 valence electrons. The SMILES string of the molecule is CC.Cc1cccc(-n2c3ccc(C(C)(C)C)cc3c3cc(C(C)(C)C)ccc32)c1.Cc1cccc(-n2c3ccc(C(C)(C)C)cc3c3cc(C(C)(C)C)ccc32)c1.OCO. The zero-order chi connectivity index (χ0) is 45.2. The lowest BCUT2D eigenvalue weighted by molar-refractivity contribution is 0.0773. The standard InChI is InChI=1S/2C27H31N.C2H6.CH4O2/c2*1-18-9-8-10-21(15-18)28-24-13-11-19(26(2,3)4)16-22(24)23-17-20(27(5,6)7)12-14-25(23)28;1-2;2-1-3/h2*8-17H,1-7H3;1-2H3;2-3H,1H2. The van der Waals surface area contributed by atoms with Gasteiger partial charge in [-0.2, -0.15) is 0 Å². The Morgan fingerprint density at radius 3 is 0.787 bits per heavy atom. The van der Waals surface area contributed by atoms with Gasteiger partial charge in [0, 0.05) is 32.9 Å². The molecule has 0 atom stereocenters. The van der Waals surface area contributed by atoms with E-state index in [9.17, 15) is 0 Å². The molecule has 0 aliphatic rings. The van der Waals surface area contributed by atoms with Gasteiger partial charge in [-0.25, -0.2) is 0 Å². The van der Waals surface area contributed by atoms with Crippen molar-refractivity contribution in [2.24, 2.45) is 0 Å². The minimum atomic E-state index is -0.750. The Morgan fingerprint density at radius 1 is 0.361 bits per heavy atom. The van der Waals surface area contributed by atoms with Gasteiger partial charge >= 0.3 is 0 Å². The first-order valence-electron chi connectivity index (χ1n) is 22.1. The molecule has 0 saturated heterocycles. The van der Waals surface area contributed by atoms with Crippen LogP contribution in [-0.2, 0) is 21.7 Å². The summed E-state index contributed by atoms with van der Waals surface area (Å²) in [6, 6.07) is 45.5. The van der Waals surface area contributed by atoms with E-state index in [-0.39, 0.29) is 21.7 Å². The molecule has 0 aliphatic heterocycles. The van der Waals surface area contributed by atoms with Gasteiger partial charge in [0.05, 0.1) is 22.1 Å². The number of rotatable bonds is 2. The van der Waals surface area contributed by atoms with Gasteiger partial charge in [-0.15, -0.1) is 0 Å². The number of benzene rings is 6. The van der Waals surface area contributed by atoms with Crippen LogP contribution in [0.4, 0.5) is 0 Å². The smallest absolute Gasteiger partial charge is 0.140 e. The van der Waals surface area contributed by atoms with Crippen LogP contribution in [0.2, 0.25) is 0 Å². The Hall–Kier alpha value is -5.16. The number of hydrogen-bond donors (Lipinski definition) is 2. The van der Waals surface area contributed by atoms with E-state index in [1.807, 2.05) is 13.8 Å². The molecular weight excluding hydrogens is 745 g/mol. The Bertz CT molecular complexity index is 2430. The molecule has 61 heavy (non-hydrogen) atoms. The average molecular weight is 817 g/mol. The third-order valence-electron chi connectivity index (χ3n) is 11.5. The minimum Gasteiger partial charge on any atom is -0.371 e. The van der Waals surface area contributed by atoms with Crippen LogP contribution < -0.4 is 0 Å².